The number of aliphatic hydroxyl groups is 4. The van der Waals surface area contributed by atoms with Crippen LogP contribution in [0.2, 0.25) is 0 Å². The van der Waals surface area contributed by atoms with Gasteiger partial charge in [0.05, 0.1) is 18.8 Å². The predicted octanol–water partition coefficient (Wildman–Crippen LogP) is 1.47. The molecule has 0 aromatic heterocycles. The van der Waals surface area contributed by atoms with Crippen molar-refractivity contribution in [3.8, 4) is 0 Å². The van der Waals surface area contributed by atoms with Gasteiger partial charge < -0.3 is 20.4 Å². The Morgan fingerprint density at radius 1 is 0.923 bits per heavy atom. The van der Waals surface area contributed by atoms with Crippen LogP contribution in [0.4, 0.5) is 0 Å². The van der Waals surface area contributed by atoms with E-state index in [1.807, 2.05) is 0 Å². The lowest BCUT2D eigenvalue weighted by molar-refractivity contribution is 0.223. The number of hydrogen-bond donors (Lipinski definition) is 4. The molecule has 0 aromatic carbocycles. The molecule has 1 rings (SSSR count). The van der Waals surface area contributed by atoms with E-state index < -0.39 is 6.10 Å². The molecule has 72 valence electrons. The van der Waals surface area contributed by atoms with Crippen LogP contribution in [0.15, 0.2) is 35.5 Å². The fourth-order valence-corrected chi connectivity index (χ4v) is 1.34. The molecule has 0 saturated heterocycles. The average Bonchev–Trinajstić information content (AvgIpc) is 2.18. The van der Waals surface area contributed by atoms with Crippen molar-refractivity contribution in [2.75, 3.05) is 0 Å². The van der Waals surface area contributed by atoms with Crippen LogP contribution in [-0.4, -0.2) is 26.5 Å². The van der Waals surface area contributed by atoms with E-state index in [1.54, 1.807) is 0 Å². The van der Waals surface area contributed by atoms with Crippen molar-refractivity contribution in [3.63, 3.8) is 0 Å². The first kappa shape index (κ1) is 9.67. The van der Waals surface area contributed by atoms with Gasteiger partial charge in [0.25, 0.3) is 0 Å². The number of rotatable bonds is 0. The topological polar surface area (TPSA) is 80.9 Å². The molecule has 0 radical (unpaired) electrons. The van der Waals surface area contributed by atoms with Gasteiger partial charge >= 0.3 is 0 Å². The van der Waals surface area contributed by atoms with Crippen molar-refractivity contribution >= 4 is 0 Å². The predicted molar refractivity (Wildman–Crippen MR) is 47.4 cm³/mol. The lowest BCUT2D eigenvalue weighted by atomic mass is 9.86. The lowest BCUT2D eigenvalue weighted by Crippen LogP contribution is -2.20. The first-order valence-electron chi connectivity index (χ1n) is 3.89. The Balaban J connectivity index is 2.94. The zero-order valence-electron chi connectivity index (χ0n) is 7.01. The Kier molecular flexibility index (Phi) is 2.97. The highest BCUT2D eigenvalue weighted by Crippen LogP contribution is 2.31. The maximum Gasteiger partial charge on any atom is 0.103 e. The summed E-state index contributed by atoms with van der Waals surface area (Å²) in [6.45, 7) is 0. The van der Waals surface area contributed by atoms with Crippen molar-refractivity contribution in [3.05, 3.63) is 35.5 Å². The van der Waals surface area contributed by atoms with E-state index in [0.717, 1.165) is 18.8 Å². The third-order valence-electron chi connectivity index (χ3n) is 2.08. The molecule has 0 aromatic rings. The Bertz CT molecular complexity index is 251. The summed E-state index contributed by atoms with van der Waals surface area (Å²) in [6.07, 6.45) is 2.24. The summed E-state index contributed by atoms with van der Waals surface area (Å²) in [6, 6.07) is 0. The Morgan fingerprint density at radius 2 is 1.38 bits per heavy atom. The second-order valence-electron chi connectivity index (χ2n) is 2.95. The van der Waals surface area contributed by atoms with Crippen LogP contribution >= 0.6 is 0 Å². The largest absolute Gasteiger partial charge is 0.516 e. The normalized spacial score (nSPS) is 29.6. The van der Waals surface area contributed by atoms with Crippen molar-refractivity contribution in [2.24, 2.45) is 0 Å². The van der Waals surface area contributed by atoms with Crippen molar-refractivity contribution in [2.45, 2.75) is 18.9 Å². The van der Waals surface area contributed by atoms with Crippen LogP contribution in [0.1, 0.15) is 12.8 Å². The number of aliphatic hydroxyl groups excluding tert-OH is 4. The van der Waals surface area contributed by atoms with Gasteiger partial charge in [0.15, 0.2) is 0 Å². The molecule has 4 nitrogen and oxygen atoms in total. The highest BCUT2D eigenvalue weighted by atomic mass is 16.3. The molecule has 0 bridgehead atoms. The number of hydrogen-bond acceptors (Lipinski definition) is 4. The molecule has 0 atom stereocenters. The lowest BCUT2D eigenvalue weighted by Gasteiger charge is -2.23. The van der Waals surface area contributed by atoms with E-state index in [-0.39, 0.29) is 0 Å². The van der Waals surface area contributed by atoms with Gasteiger partial charge in [-0.3, -0.25) is 0 Å². The van der Waals surface area contributed by atoms with E-state index >= 15 is 0 Å². The van der Waals surface area contributed by atoms with Crippen LogP contribution < -0.4 is 0 Å². The van der Waals surface area contributed by atoms with E-state index in [9.17, 15) is 5.11 Å². The van der Waals surface area contributed by atoms with Gasteiger partial charge in [0.2, 0.25) is 0 Å². The van der Waals surface area contributed by atoms with E-state index in [1.165, 1.54) is 0 Å². The Morgan fingerprint density at radius 3 is 1.69 bits per heavy atom. The monoisotopic (exact) mass is 184 g/mol. The standard InChI is InChI=1S/C9H12O4/c10-3-6-1-7(4-11)9(13)8(2-6)5-12/h3-5,9-13H,1-2H2. The molecule has 1 fully saturated rings. The second kappa shape index (κ2) is 4.00. The molecule has 13 heavy (non-hydrogen) atoms. The molecule has 0 aliphatic heterocycles. The minimum Gasteiger partial charge on any atom is -0.516 e. The minimum absolute atomic E-state index is 0.325. The zero-order valence-corrected chi connectivity index (χ0v) is 7.01. The summed E-state index contributed by atoms with van der Waals surface area (Å²) in [7, 11) is 0. The molecule has 0 spiro atoms. The third-order valence-corrected chi connectivity index (χ3v) is 2.08. The third kappa shape index (κ3) is 1.84. The highest BCUT2D eigenvalue weighted by molar-refractivity contribution is 5.34. The van der Waals surface area contributed by atoms with Gasteiger partial charge in [-0.1, -0.05) is 0 Å². The minimum atomic E-state index is -0.946. The maximum absolute atomic E-state index is 9.48. The maximum atomic E-state index is 9.48. The summed E-state index contributed by atoms with van der Waals surface area (Å²) in [5.41, 5.74) is 1.38. The molecular weight excluding hydrogens is 172 g/mol. The molecule has 1 aliphatic carbocycles. The van der Waals surface area contributed by atoms with Gasteiger partial charge in [-0.2, -0.15) is 0 Å². The molecule has 0 heterocycles. The van der Waals surface area contributed by atoms with Crippen molar-refractivity contribution < 1.29 is 20.4 Å². The number of allylic oxidation sites excluding steroid dienone is 1. The summed E-state index contributed by atoms with van der Waals surface area (Å²) >= 11 is 0. The molecular formula is C9H12O4. The van der Waals surface area contributed by atoms with Crippen LogP contribution in [0, 0.1) is 0 Å². The summed E-state index contributed by atoms with van der Waals surface area (Å²) < 4.78 is 0. The van der Waals surface area contributed by atoms with Gasteiger partial charge in [-0.15, -0.1) is 0 Å². The van der Waals surface area contributed by atoms with Crippen molar-refractivity contribution in [1.82, 2.24) is 0 Å². The molecule has 0 amide bonds. The quantitative estimate of drug-likeness (QED) is 0.430. The van der Waals surface area contributed by atoms with Crippen molar-refractivity contribution in [1.29, 1.82) is 0 Å². The Labute approximate surface area is 75.8 Å². The van der Waals surface area contributed by atoms with Crippen LogP contribution in [0.3, 0.4) is 0 Å². The highest BCUT2D eigenvalue weighted by Gasteiger charge is 2.24. The first-order chi connectivity index (χ1) is 6.22. The molecule has 1 aliphatic rings. The fourth-order valence-electron chi connectivity index (χ4n) is 1.34. The smallest absolute Gasteiger partial charge is 0.103 e. The summed E-state index contributed by atoms with van der Waals surface area (Å²) in [5.74, 6) is 0. The average molecular weight is 184 g/mol. The van der Waals surface area contributed by atoms with Gasteiger partial charge in [0, 0.05) is 11.1 Å². The fraction of sp³-hybridized carbons (Fsp3) is 0.333. The van der Waals surface area contributed by atoms with Crippen LogP contribution in [0.5, 0.6) is 0 Å². The SMILES string of the molecule is OC=C1CC(=CO)C(O)C(=CO)C1. The van der Waals surface area contributed by atoms with E-state index in [4.69, 9.17) is 15.3 Å². The molecule has 4 N–H and O–H groups in total. The van der Waals surface area contributed by atoms with E-state index in [0.29, 0.717) is 29.6 Å². The summed E-state index contributed by atoms with van der Waals surface area (Å²) in [5, 5.41) is 35.7. The van der Waals surface area contributed by atoms with Crippen LogP contribution in [0.25, 0.3) is 0 Å². The summed E-state index contributed by atoms with van der Waals surface area (Å²) in [4.78, 5) is 0. The van der Waals surface area contributed by atoms with E-state index in [2.05, 4.69) is 0 Å². The van der Waals surface area contributed by atoms with Gasteiger partial charge in [0.1, 0.15) is 6.10 Å². The van der Waals surface area contributed by atoms with Crippen LogP contribution in [-0.2, 0) is 0 Å². The van der Waals surface area contributed by atoms with Gasteiger partial charge in [-0.05, 0) is 18.4 Å². The molecule has 4 heteroatoms. The zero-order chi connectivity index (χ0) is 9.84. The second-order valence-corrected chi connectivity index (χ2v) is 2.95. The van der Waals surface area contributed by atoms with Gasteiger partial charge in [-0.25, -0.2) is 0 Å². The Hall–Kier alpha value is -1.42. The molecule has 1 saturated carbocycles. The first-order valence-corrected chi connectivity index (χ1v) is 3.89. The molecule has 0 unspecified atom stereocenters.